The van der Waals surface area contributed by atoms with Crippen LogP contribution in [0.2, 0.25) is 0 Å². The molecule has 0 aromatic heterocycles. The fourth-order valence-electron chi connectivity index (χ4n) is 1.15. The van der Waals surface area contributed by atoms with Gasteiger partial charge in [0.1, 0.15) is 0 Å². The molecule has 0 saturated heterocycles. The van der Waals surface area contributed by atoms with E-state index in [0.29, 0.717) is 12.8 Å². The van der Waals surface area contributed by atoms with E-state index in [0.717, 1.165) is 32.1 Å². The molecule has 0 spiro atoms. The lowest BCUT2D eigenvalue weighted by Gasteiger charge is -2.09. The Morgan fingerprint density at radius 1 is 1.14 bits per heavy atom. The van der Waals surface area contributed by atoms with Gasteiger partial charge in [-0.05, 0) is 12.8 Å². The van der Waals surface area contributed by atoms with Crippen molar-refractivity contribution in [3.8, 4) is 0 Å². The van der Waals surface area contributed by atoms with Crippen LogP contribution in [-0.2, 0) is 14.6 Å². The number of ether oxygens (including phenoxy) is 1. The highest BCUT2D eigenvalue weighted by atomic mass is 16.6. The van der Waals surface area contributed by atoms with Gasteiger partial charge in [-0.15, -0.1) is 0 Å². The Bertz CT molecular complexity index is 145. The second-order valence-electron chi connectivity index (χ2n) is 3.52. The maximum absolute atomic E-state index is 11.1. The fourth-order valence-corrected chi connectivity index (χ4v) is 1.15. The molecule has 1 unspecified atom stereocenters. The summed E-state index contributed by atoms with van der Waals surface area (Å²) in [6.45, 7) is 4.08. The molecule has 1 atom stereocenters. The predicted molar refractivity (Wildman–Crippen MR) is 54.2 cm³/mol. The molecule has 0 aliphatic rings. The smallest absolute Gasteiger partial charge is 0.308 e. The molecule has 0 fully saturated rings. The molecule has 3 heteroatoms. The van der Waals surface area contributed by atoms with Crippen LogP contribution in [0.3, 0.4) is 0 Å². The molecule has 14 heavy (non-hydrogen) atoms. The first-order valence-corrected chi connectivity index (χ1v) is 5.56. The Hall–Kier alpha value is -0.570. The Kier molecular flexibility index (Phi) is 8.64. The summed E-state index contributed by atoms with van der Waals surface area (Å²) in [6, 6.07) is 0. The molecular weight excluding hydrogens is 180 g/mol. The number of carbonyl (C=O) groups excluding carboxylic acids is 1. The molecule has 0 aliphatic carbocycles. The van der Waals surface area contributed by atoms with Gasteiger partial charge in [0.05, 0.1) is 0 Å². The van der Waals surface area contributed by atoms with Crippen LogP contribution in [0.4, 0.5) is 0 Å². The molecule has 0 heterocycles. The Morgan fingerprint density at radius 3 is 2.36 bits per heavy atom. The molecule has 0 bridgehead atoms. The van der Waals surface area contributed by atoms with Gasteiger partial charge in [-0.2, -0.15) is 5.11 Å². The molecule has 83 valence electrons. The van der Waals surface area contributed by atoms with Crippen molar-refractivity contribution in [2.24, 2.45) is 0 Å². The minimum Gasteiger partial charge on any atom is -0.433 e. The zero-order valence-corrected chi connectivity index (χ0v) is 9.25. The lowest BCUT2D eigenvalue weighted by atomic mass is 10.2. The van der Waals surface area contributed by atoms with Gasteiger partial charge < -0.3 is 4.74 Å². The molecule has 0 saturated carbocycles. The highest BCUT2D eigenvalue weighted by molar-refractivity contribution is 5.69. The topological polar surface area (TPSA) is 46.2 Å². The van der Waals surface area contributed by atoms with Crippen LogP contribution in [0.25, 0.3) is 0 Å². The van der Waals surface area contributed by atoms with Crippen LogP contribution in [0.5, 0.6) is 0 Å². The maximum atomic E-state index is 11.1. The van der Waals surface area contributed by atoms with Crippen LogP contribution in [0.15, 0.2) is 0 Å². The number of carbonyl (C=O) groups is 1. The predicted octanol–water partition coefficient (Wildman–Crippen LogP) is 3.06. The average molecular weight is 201 g/mol. The molecule has 0 N–H and O–H groups in total. The minimum absolute atomic E-state index is 0.344. The number of esters is 1. The van der Waals surface area contributed by atoms with Gasteiger partial charge in [-0.1, -0.05) is 33.1 Å². The Morgan fingerprint density at radius 2 is 1.79 bits per heavy atom. The van der Waals surface area contributed by atoms with E-state index in [1.807, 2.05) is 6.92 Å². The zero-order valence-electron chi connectivity index (χ0n) is 9.25. The minimum atomic E-state index is -1.15. The highest BCUT2D eigenvalue weighted by Crippen LogP contribution is 2.07. The first kappa shape index (κ1) is 13.4. The number of hydrogen-bond donors (Lipinski definition) is 0. The molecule has 3 nitrogen and oxygen atoms in total. The van der Waals surface area contributed by atoms with Crippen molar-refractivity contribution in [2.45, 2.75) is 65.1 Å². The van der Waals surface area contributed by atoms with E-state index in [2.05, 4.69) is 6.92 Å². The normalized spacial score (nSPS) is 12.5. The summed E-state index contributed by atoms with van der Waals surface area (Å²) in [5.41, 5.74) is 0. The average Bonchev–Trinajstić information content (AvgIpc) is 2.15. The quantitative estimate of drug-likeness (QED) is 0.344. The van der Waals surface area contributed by atoms with Gasteiger partial charge in [0.2, 0.25) is 6.29 Å². The lowest BCUT2D eigenvalue weighted by Crippen LogP contribution is -2.15. The van der Waals surface area contributed by atoms with Gasteiger partial charge in [0.15, 0.2) is 0 Å². The van der Waals surface area contributed by atoms with Gasteiger partial charge in [0.25, 0.3) is 0 Å². The van der Waals surface area contributed by atoms with Crippen molar-refractivity contribution in [1.82, 2.24) is 0 Å². The monoisotopic (exact) mass is 201 g/mol. The van der Waals surface area contributed by atoms with Crippen molar-refractivity contribution >= 4 is 5.97 Å². The Labute approximate surface area is 86.5 Å². The first-order chi connectivity index (χ1) is 6.70. The summed E-state index contributed by atoms with van der Waals surface area (Å²) in [4.78, 5) is 11.0. The summed E-state index contributed by atoms with van der Waals surface area (Å²) < 4.78 is 4.70. The van der Waals surface area contributed by atoms with Crippen molar-refractivity contribution < 1.29 is 14.6 Å². The molecule has 0 amide bonds. The van der Waals surface area contributed by atoms with Crippen LogP contribution in [-0.4, -0.2) is 12.3 Å². The van der Waals surface area contributed by atoms with E-state index < -0.39 is 6.29 Å². The second-order valence-corrected chi connectivity index (χ2v) is 3.52. The van der Waals surface area contributed by atoms with Gasteiger partial charge >= 0.3 is 5.97 Å². The highest BCUT2D eigenvalue weighted by Gasteiger charge is 2.11. The van der Waals surface area contributed by atoms with Gasteiger partial charge in [0, 0.05) is 12.8 Å². The van der Waals surface area contributed by atoms with E-state index in [9.17, 15) is 9.90 Å². The number of rotatable bonds is 8. The van der Waals surface area contributed by atoms with Gasteiger partial charge in [-0.25, -0.2) is 0 Å². The lowest BCUT2D eigenvalue weighted by molar-refractivity contribution is -0.180. The fraction of sp³-hybridized carbons (Fsp3) is 0.909. The van der Waals surface area contributed by atoms with E-state index in [4.69, 9.17) is 4.74 Å². The summed E-state index contributed by atoms with van der Waals surface area (Å²) >= 11 is 0. The third kappa shape index (κ3) is 8.05. The maximum Gasteiger partial charge on any atom is 0.308 e. The molecule has 0 aliphatic heterocycles. The van der Waals surface area contributed by atoms with Crippen LogP contribution >= 0.6 is 0 Å². The SMILES string of the molecule is CCCCCC([O])OC(=O)CCCC. The third-order valence-corrected chi connectivity index (χ3v) is 2.04. The zero-order chi connectivity index (χ0) is 10.8. The van der Waals surface area contributed by atoms with Crippen molar-refractivity contribution in [3.05, 3.63) is 0 Å². The van der Waals surface area contributed by atoms with Crippen LogP contribution < -0.4 is 0 Å². The van der Waals surface area contributed by atoms with Crippen molar-refractivity contribution in [2.75, 3.05) is 0 Å². The summed E-state index contributed by atoms with van der Waals surface area (Å²) in [7, 11) is 0. The van der Waals surface area contributed by atoms with Gasteiger partial charge in [-0.3, -0.25) is 4.79 Å². The van der Waals surface area contributed by atoms with E-state index in [1.54, 1.807) is 0 Å². The van der Waals surface area contributed by atoms with Crippen LogP contribution in [0.1, 0.15) is 58.8 Å². The third-order valence-electron chi connectivity index (χ3n) is 2.04. The molecule has 0 aromatic carbocycles. The molecule has 0 rings (SSSR count). The first-order valence-electron chi connectivity index (χ1n) is 5.56. The standard InChI is InChI=1S/C11H21O3/c1-3-5-7-9-11(13)14-10(12)8-6-4-2/h11H,3-9H2,1-2H3. The van der Waals surface area contributed by atoms with E-state index in [-0.39, 0.29) is 5.97 Å². The number of hydrogen-bond acceptors (Lipinski definition) is 2. The summed E-state index contributed by atoms with van der Waals surface area (Å²) in [6.07, 6.45) is 4.41. The Balaban J connectivity index is 3.40. The summed E-state index contributed by atoms with van der Waals surface area (Å²) in [5, 5.41) is 11.1. The molecule has 1 radical (unpaired) electrons. The summed E-state index contributed by atoms with van der Waals surface area (Å²) in [5.74, 6) is -0.344. The van der Waals surface area contributed by atoms with Crippen molar-refractivity contribution in [1.29, 1.82) is 0 Å². The largest absolute Gasteiger partial charge is 0.433 e. The van der Waals surface area contributed by atoms with Crippen molar-refractivity contribution in [3.63, 3.8) is 0 Å². The molecular formula is C11H21O3. The number of unbranched alkanes of at least 4 members (excludes halogenated alkanes) is 3. The molecule has 0 aromatic rings. The van der Waals surface area contributed by atoms with Crippen LogP contribution in [0, 0.1) is 0 Å². The van der Waals surface area contributed by atoms with E-state index >= 15 is 0 Å². The second kappa shape index (κ2) is 9.00. The van der Waals surface area contributed by atoms with E-state index in [1.165, 1.54) is 0 Å².